The maximum Gasteiger partial charge on any atom is 0.318 e. The van der Waals surface area contributed by atoms with Crippen molar-refractivity contribution >= 4 is 46.2 Å². The number of carbonyl (C=O) groups excluding carboxylic acids is 2. The zero-order valence-electron chi connectivity index (χ0n) is 17.4. The van der Waals surface area contributed by atoms with Crippen LogP contribution in [0.15, 0.2) is 52.4 Å². The van der Waals surface area contributed by atoms with Gasteiger partial charge < -0.3 is 5.73 Å². The quantitative estimate of drug-likeness (QED) is 0.424. The molecule has 0 bridgehead atoms. The van der Waals surface area contributed by atoms with Crippen LogP contribution in [0.1, 0.15) is 38.7 Å². The number of hydrogen-bond acceptors (Lipinski definition) is 5. The smallest absolute Gasteiger partial charge is 0.318 e. The van der Waals surface area contributed by atoms with Gasteiger partial charge in [0.1, 0.15) is 0 Å². The number of nitrogens with two attached hydrogens (primary N) is 1. The largest absolute Gasteiger partial charge is 0.351 e. The average Bonchev–Trinajstić information content (AvgIpc) is 2.73. The first-order chi connectivity index (χ1) is 14.7. The molecule has 0 spiro atoms. The van der Waals surface area contributed by atoms with Crippen molar-refractivity contribution < 1.29 is 9.59 Å². The van der Waals surface area contributed by atoms with Gasteiger partial charge in [-0.25, -0.2) is 9.78 Å². The van der Waals surface area contributed by atoms with Gasteiger partial charge >= 0.3 is 6.03 Å². The molecule has 2 aromatic carbocycles. The Morgan fingerprint density at radius 1 is 1.19 bits per heavy atom. The van der Waals surface area contributed by atoms with Gasteiger partial charge in [-0.1, -0.05) is 49.3 Å². The Balaban J connectivity index is 2.14. The molecule has 0 fully saturated rings. The van der Waals surface area contributed by atoms with E-state index in [2.05, 4.69) is 24.1 Å². The minimum atomic E-state index is -0.934. The number of aromatic nitrogens is 2. The SMILES string of the molecule is CC[C@H](C)c1ccc(-n2c(S[C@@H](C)C(=O)NC(N)=O)nc3ccc(Cl)cc3c2=O)cc1. The third kappa shape index (κ3) is 5.08. The summed E-state index contributed by atoms with van der Waals surface area (Å²) in [5.74, 6) is -0.174. The summed E-state index contributed by atoms with van der Waals surface area (Å²) in [4.78, 5) is 41.2. The van der Waals surface area contributed by atoms with Gasteiger partial charge in [0.15, 0.2) is 5.16 Å². The molecule has 0 aliphatic rings. The number of amides is 3. The zero-order valence-corrected chi connectivity index (χ0v) is 19.0. The van der Waals surface area contributed by atoms with Crippen molar-refractivity contribution in [3.63, 3.8) is 0 Å². The summed E-state index contributed by atoms with van der Waals surface area (Å²) < 4.78 is 1.46. The lowest BCUT2D eigenvalue weighted by Crippen LogP contribution is -2.39. The van der Waals surface area contributed by atoms with E-state index in [0.717, 1.165) is 18.2 Å². The summed E-state index contributed by atoms with van der Waals surface area (Å²) in [5.41, 5.74) is 7.00. The summed E-state index contributed by atoms with van der Waals surface area (Å²) in [6.45, 7) is 5.87. The number of urea groups is 1. The molecule has 1 aromatic heterocycles. The molecular weight excluding hydrogens is 436 g/mol. The molecule has 0 aliphatic carbocycles. The molecule has 3 rings (SSSR count). The Hall–Kier alpha value is -2.84. The lowest BCUT2D eigenvalue weighted by Gasteiger charge is -2.17. The Bertz CT molecular complexity index is 1190. The molecule has 7 nitrogen and oxygen atoms in total. The Morgan fingerprint density at radius 2 is 1.87 bits per heavy atom. The van der Waals surface area contributed by atoms with E-state index in [-0.39, 0.29) is 5.56 Å². The summed E-state index contributed by atoms with van der Waals surface area (Å²) in [6, 6.07) is 11.6. The van der Waals surface area contributed by atoms with E-state index in [1.54, 1.807) is 25.1 Å². The van der Waals surface area contributed by atoms with Crippen molar-refractivity contribution in [1.29, 1.82) is 0 Å². The number of rotatable bonds is 6. The van der Waals surface area contributed by atoms with E-state index < -0.39 is 17.2 Å². The lowest BCUT2D eigenvalue weighted by atomic mass is 9.98. The zero-order chi connectivity index (χ0) is 22.7. The summed E-state index contributed by atoms with van der Waals surface area (Å²) in [6.07, 6.45) is 1.00. The van der Waals surface area contributed by atoms with E-state index in [4.69, 9.17) is 17.3 Å². The van der Waals surface area contributed by atoms with Gasteiger partial charge in [-0.2, -0.15) is 0 Å². The fourth-order valence-corrected chi connectivity index (χ4v) is 4.17. The molecule has 1 heterocycles. The average molecular weight is 459 g/mol. The molecule has 2 atom stereocenters. The van der Waals surface area contributed by atoms with Crippen LogP contribution in [-0.2, 0) is 4.79 Å². The first-order valence-corrected chi connectivity index (χ1v) is 11.1. The van der Waals surface area contributed by atoms with E-state index in [0.29, 0.717) is 32.7 Å². The molecular formula is C22H23ClN4O3S. The van der Waals surface area contributed by atoms with Crippen LogP contribution in [0.3, 0.4) is 0 Å². The second-order valence-corrected chi connectivity index (χ2v) is 8.96. The topological polar surface area (TPSA) is 107 Å². The molecule has 9 heteroatoms. The van der Waals surface area contributed by atoms with Gasteiger partial charge in [0, 0.05) is 5.02 Å². The predicted molar refractivity (Wildman–Crippen MR) is 124 cm³/mol. The van der Waals surface area contributed by atoms with Crippen LogP contribution in [0, 0.1) is 0 Å². The maximum atomic E-state index is 13.4. The minimum Gasteiger partial charge on any atom is -0.351 e. The fourth-order valence-electron chi connectivity index (χ4n) is 3.07. The molecule has 162 valence electrons. The Labute approximate surface area is 189 Å². The number of nitrogens with one attached hydrogen (secondary N) is 1. The van der Waals surface area contributed by atoms with E-state index >= 15 is 0 Å². The van der Waals surface area contributed by atoms with Crippen LogP contribution in [0.5, 0.6) is 0 Å². The highest BCUT2D eigenvalue weighted by atomic mass is 35.5. The highest BCUT2D eigenvalue weighted by molar-refractivity contribution is 8.00. The van der Waals surface area contributed by atoms with Crippen LogP contribution < -0.4 is 16.6 Å². The fraction of sp³-hybridized carbons (Fsp3) is 0.273. The Morgan fingerprint density at radius 3 is 2.48 bits per heavy atom. The van der Waals surface area contributed by atoms with E-state index in [1.807, 2.05) is 24.3 Å². The second-order valence-electron chi connectivity index (χ2n) is 7.21. The van der Waals surface area contributed by atoms with Crippen LogP contribution >= 0.6 is 23.4 Å². The summed E-state index contributed by atoms with van der Waals surface area (Å²) >= 11 is 7.16. The number of halogens is 1. The molecule has 0 saturated heterocycles. The number of imide groups is 1. The first-order valence-electron chi connectivity index (χ1n) is 9.80. The predicted octanol–water partition coefficient (Wildman–Crippen LogP) is 4.23. The van der Waals surface area contributed by atoms with Crippen molar-refractivity contribution in [1.82, 2.24) is 14.9 Å². The number of hydrogen-bond donors (Lipinski definition) is 2. The van der Waals surface area contributed by atoms with E-state index in [1.165, 1.54) is 10.1 Å². The monoisotopic (exact) mass is 458 g/mol. The maximum absolute atomic E-state index is 13.4. The van der Waals surface area contributed by atoms with Crippen molar-refractivity contribution in [3.05, 3.63) is 63.4 Å². The van der Waals surface area contributed by atoms with Crippen molar-refractivity contribution in [3.8, 4) is 5.69 Å². The highest BCUT2D eigenvalue weighted by Crippen LogP contribution is 2.27. The Kier molecular flexibility index (Phi) is 7.02. The molecule has 3 aromatic rings. The number of benzene rings is 2. The van der Waals surface area contributed by atoms with Crippen LogP contribution in [0.25, 0.3) is 16.6 Å². The summed E-state index contributed by atoms with van der Waals surface area (Å²) in [7, 11) is 0. The van der Waals surface area contributed by atoms with Gasteiger partial charge in [0.2, 0.25) is 5.91 Å². The number of thioether (sulfide) groups is 1. The minimum absolute atomic E-state index is 0.297. The van der Waals surface area contributed by atoms with Crippen LogP contribution in [0.4, 0.5) is 4.79 Å². The third-order valence-corrected chi connectivity index (χ3v) is 6.32. The van der Waals surface area contributed by atoms with E-state index in [9.17, 15) is 14.4 Å². The van der Waals surface area contributed by atoms with Gasteiger partial charge in [-0.3, -0.25) is 19.5 Å². The number of carbonyl (C=O) groups is 2. The number of primary amides is 1. The van der Waals surface area contributed by atoms with Crippen molar-refractivity contribution in [2.24, 2.45) is 5.73 Å². The molecule has 3 amide bonds. The molecule has 0 radical (unpaired) electrons. The third-order valence-electron chi connectivity index (χ3n) is 5.03. The molecule has 0 unspecified atom stereocenters. The van der Waals surface area contributed by atoms with Crippen LogP contribution in [0.2, 0.25) is 5.02 Å². The first kappa shape index (κ1) is 22.8. The van der Waals surface area contributed by atoms with Gasteiger partial charge in [-0.05, 0) is 55.2 Å². The lowest BCUT2D eigenvalue weighted by molar-refractivity contribution is -0.119. The van der Waals surface area contributed by atoms with Crippen molar-refractivity contribution in [2.75, 3.05) is 0 Å². The summed E-state index contributed by atoms with van der Waals surface area (Å²) in [5, 5.41) is 2.47. The number of nitrogens with zero attached hydrogens (tertiary/aromatic N) is 2. The van der Waals surface area contributed by atoms with Crippen LogP contribution in [-0.4, -0.2) is 26.7 Å². The normalized spacial score (nSPS) is 13.0. The standard InChI is InChI=1S/C22H23ClN4O3S/c1-4-12(2)14-5-8-16(9-6-14)27-20(29)17-11-15(23)7-10-18(17)25-22(27)31-13(3)19(28)26-21(24)30/h5-13H,4H2,1-3H3,(H3,24,26,28,30)/t12-,13-/m0/s1. The van der Waals surface area contributed by atoms with Crippen molar-refractivity contribution in [2.45, 2.75) is 43.5 Å². The van der Waals surface area contributed by atoms with Gasteiger partial charge in [-0.15, -0.1) is 0 Å². The molecule has 31 heavy (non-hydrogen) atoms. The number of fused-ring (bicyclic) bond motifs is 1. The van der Waals surface area contributed by atoms with Gasteiger partial charge in [0.05, 0.1) is 21.8 Å². The van der Waals surface area contributed by atoms with Gasteiger partial charge in [0.25, 0.3) is 5.56 Å². The molecule has 0 aliphatic heterocycles. The molecule has 3 N–H and O–H groups in total. The molecule has 0 saturated carbocycles. The second kappa shape index (κ2) is 9.53. The highest BCUT2D eigenvalue weighted by Gasteiger charge is 2.21.